The van der Waals surface area contributed by atoms with Gasteiger partial charge in [0.25, 0.3) is 0 Å². The molecule has 0 saturated heterocycles. The summed E-state index contributed by atoms with van der Waals surface area (Å²) < 4.78 is 5.33. The maximum atomic E-state index is 13.1. The number of carbonyl (C=O) groups is 1. The van der Waals surface area contributed by atoms with E-state index in [4.69, 9.17) is 4.74 Å². The van der Waals surface area contributed by atoms with Crippen molar-refractivity contribution < 1.29 is 9.53 Å². The summed E-state index contributed by atoms with van der Waals surface area (Å²) in [5.41, 5.74) is 1.82. The molecule has 0 aromatic heterocycles. The maximum Gasteiger partial charge on any atom is 0.345 e. The van der Waals surface area contributed by atoms with Crippen LogP contribution in [0.1, 0.15) is 51.5 Å². The molecule has 0 radical (unpaired) electrons. The van der Waals surface area contributed by atoms with Crippen LogP contribution in [0.5, 0.6) is 5.75 Å². The van der Waals surface area contributed by atoms with Crippen molar-refractivity contribution in [1.82, 2.24) is 5.01 Å². The molecule has 0 bridgehead atoms. The first-order valence-corrected chi connectivity index (χ1v) is 8.46. The van der Waals surface area contributed by atoms with Crippen LogP contribution in [0, 0.1) is 0 Å². The maximum absolute atomic E-state index is 13.1. The van der Waals surface area contributed by atoms with Crippen LogP contribution in [0.25, 0.3) is 0 Å². The van der Waals surface area contributed by atoms with E-state index >= 15 is 0 Å². The lowest BCUT2D eigenvalue weighted by Crippen LogP contribution is -2.48. The highest BCUT2D eigenvalue weighted by molar-refractivity contribution is 6.02. The third kappa shape index (κ3) is 3.05. The summed E-state index contributed by atoms with van der Waals surface area (Å²) in [6.07, 6.45) is 7.49. The molecule has 0 unspecified atom stereocenters. The van der Waals surface area contributed by atoms with Gasteiger partial charge in [-0.2, -0.15) is 5.10 Å². The van der Waals surface area contributed by atoms with Gasteiger partial charge in [-0.25, -0.2) is 9.80 Å². The number of amides is 2. The third-order valence-electron chi connectivity index (χ3n) is 4.66. The number of fused-ring (bicyclic) bond motifs is 1. The zero-order valence-electron chi connectivity index (χ0n) is 14.2. The Balaban J connectivity index is 2.00. The second-order valence-corrected chi connectivity index (χ2v) is 6.55. The number of rotatable bonds is 3. The topological polar surface area (TPSA) is 45.1 Å². The predicted octanol–water partition coefficient (Wildman–Crippen LogP) is 4.01. The van der Waals surface area contributed by atoms with E-state index < -0.39 is 0 Å². The molecule has 1 aliphatic carbocycles. The van der Waals surface area contributed by atoms with Gasteiger partial charge < -0.3 is 4.74 Å². The summed E-state index contributed by atoms with van der Waals surface area (Å²) in [5, 5.41) is 6.23. The SMILES string of the molecule is COc1ccc2c(c1)N(C(C)C)C(=O)N(C1CCCCC1)N=C2. The molecule has 23 heavy (non-hydrogen) atoms. The second kappa shape index (κ2) is 6.60. The summed E-state index contributed by atoms with van der Waals surface area (Å²) in [7, 11) is 1.64. The smallest absolute Gasteiger partial charge is 0.345 e. The molecular formula is C18H25N3O2. The largest absolute Gasteiger partial charge is 0.497 e. The van der Waals surface area contributed by atoms with Crippen molar-refractivity contribution in [2.75, 3.05) is 12.0 Å². The van der Waals surface area contributed by atoms with E-state index in [1.807, 2.05) is 43.2 Å². The second-order valence-electron chi connectivity index (χ2n) is 6.55. The standard InChI is InChI=1S/C18H25N3O2/c1-13(2)20-17-11-16(23-3)10-9-14(17)12-19-21(18(20)22)15-7-5-4-6-8-15/h9-13,15H,4-8H2,1-3H3. The fourth-order valence-electron chi connectivity index (χ4n) is 3.43. The first-order valence-electron chi connectivity index (χ1n) is 8.46. The predicted molar refractivity (Wildman–Crippen MR) is 92.3 cm³/mol. The average Bonchev–Trinajstić information content (AvgIpc) is 2.70. The normalized spacial score (nSPS) is 19.0. The first kappa shape index (κ1) is 15.8. The van der Waals surface area contributed by atoms with Crippen molar-refractivity contribution in [2.24, 2.45) is 5.10 Å². The van der Waals surface area contributed by atoms with Crippen LogP contribution in [-0.2, 0) is 0 Å². The van der Waals surface area contributed by atoms with Gasteiger partial charge in [0.15, 0.2) is 0 Å². The Labute approximate surface area is 137 Å². The van der Waals surface area contributed by atoms with Crippen molar-refractivity contribution >= 4 is 17.9 Å². The molecule has 2 aliphatic rings. The summed E-state index contributed by atoms with van der Waals surface area (Å²) in [6, 6.07) is 6.03. The van der Waals surface area contributed by atoms with Crippen molar-refractivity contribution in [2.45, 2.75) is 58.0 Å². The monoisotopic (exact) mass is 315 g/mol. The molecule has 1 aromatic rings. The number of urea groups is 1. The lowest BCUT2D eigenvalue weighted by molar-refractivity contribution is 0.164. The van der Waals surface area contributed by atoms with E-state index in [9.17, 15) is 4.79 Å². The van der Waals surface area contributed by atoms with E-state index in [0.29, 0.717) is 0 Å². The van der Waals surface area contributed by atoms with Crippen LogP contribution < -0.4 is 9.64 Å². The number of methoxy groups -OCH3 is 1. The summed E-state index contributed by atoms with van der Waals surface area (Å²) in [4.78, 5) is 15.0. The third-order valence-corrected chi connectivity index (χ3v) is 4.66. The van der Waals surface area contributed by atoms with Gasteiger partial charge in [-0.15, -0.1) is 0 Å². The molecule has 2 amide bonds. The Bertz CT molecular complexity index is 606. The number of benzene rings is 1. The molecule has 1 heterocycles. The van der Waals surface area contributed by atoms with Crippen LogP contribution in [-0.4, -0.2) is 36.4 Å². The van der Waals surface area contributed by atoms with Crippen molar-refractivity contribution in [3.8, 4) is 5.75 Å². The zero-order chi connectivity index (χ0) is 16.4. The zero-order valence-corrected chi connectivity index (χ0v) is 14.2. The number of hydrogen-bond donors (Lipinski definition) is 0. The van der Waals surface area contributed by atoms with Crippen LogP contribution >= 0.6 is 0 Å². The quantitative estimate of drug-likeness (QED) is 0.846. The summed E-state index contributed by atoms with van der Waals surface area (Å²) in [5.74, 6) is 0.752. The van der Waals surface area contributed by atoms with E-state index in [1.54, 1.807) is 12.1 Å². The van der Waals surface area contributed by atoms with Crippen LogP contribution in [0.2, 0.25) is 0 Å². The van der Waals surface area contributed by atoms with Crippen LogP contribution in [0.3, 0.4) is 0 Å². The lowest BCUT2D eigenvalue weighted by atomic mass is 9.95. The minimum atomic E-state index is -0.0323. The fraction of sp³-hybridized carbons (Fsp3) is 0.556. The molecule has 5 heteroatoms. The van der Waals surface area contributed by atoms with Crippen LogP contribution in [0.4, 0.5) is 10.5 Å². The Morgan fingerprint density at radius 3 is 2.61 bits per heavy atom. The van der Waals surface area contributed by atoms with Crippen molar-refractivity contribution in [3.63, 3.8) is 0 Å². The Morgan fingerprint density at radius 1 is 1.22 bits per heavy atom. The lowest BCUT2D eigenvalue weighted by Gasteiger charge is -2.35. The van der Waals surface area contributed by atoms with Crippen LogP contribution in [0.15, 0.2) is 23.3 Å². The van der Waals surface area contributed by atoms with Gasteiger partial charge in [0, 0.05) is 17.7 Å². The van der Waals surface area contributed by atoms with E-state index in [0.717, 1.165) is 29.8 Å². The fourth-order valence-corrected chi connectivity index (χ4v) is 3.43. The number of nitrogens with zero attached hydrogens (tertiary/aromatic N) is 3. The number of hydrazone groups is 1. The molecule has 124 valence electrons. The highest BCUT2D eigenvalue weighted by atomic mass is 16.5. The molecule has 3 rings (SSSR count). The Morgan fingerprint density at radius 2 is 1.96 bits per heavy atom. The summed E-state index contributed by atoms with van der Waals surface area (Å²) in [6.45, 7) is 4.07. The van der Waals surface area contributed by atoms with Crippen molar-refractivity contribution in [3.05, 3.63) is 23.8 Å². The van der Waals surface area contributed by atoms with E-state index in [-0.39, 0.29) is 18.1 Å². The minimum Gasteiger partial charge on any atom is -0.497 e. The number of hydrogen-bond acceptors (Lipinski definition) is 3. The van der Waals surface area contributed by atoms with Gasteiger partial charge in [0.1, 0.15) is 5.75 Å². The van der Waals surface area contributed by atoms with Gasteiger partial charge >= 0.3 is 6.03 Å². The number of anilines is 1. The molecule has 0 spiro atoms. The Hall–Kier alpha value is -2.04. The molecule has 1 saturated carbocycles. The highest BCUT2D eigenvalue weighted by Crippen LogP contribution is 2.32. The molecule has 0 N–H and O–H groups in total. The average molecular weight is 315 g/mol. The molecule has 1 aromatic carbocycles. The van der Waals surface area contributed by atoms with Gasteiger partial charge in [-0.3, -0.25) is 4.90 Å². The molecule has 5 nitrogen and oxygen atoms in total. The van der Waals surface area contributed by atoms with Gasteiger partial charge in [0.2, 0.25) is 0 Å². The van der Waals surface area contributed by atoms with Gasteiger partial charge in [-0.05, 0) is 38.8 Å². The van der Waals surface area contributed by atoms with E-state index in [1.165, 1.54) is 19.3 Å². The summed E-state index contributed by atoms with van der Waals surface area (Å²) >= 11 is 0. The van der Waals surface area contributed by atoms with Crippen molar-refractivity contribution in [1.29, 1.82) is 0 Å². The highest BCUT2D eigenvalue weighted by Gasteiger charge is 2.33. The van der Waals surface area contributed by atoms with Gasteiger partial charge in [-0.1, -0.05) is 19.3 Å². The molecular weight excluding hydrogens is 290 g/mol. The first-order chi connectivity index (χ1) is 11.1. The number of ether oxygens (including phenoxy) is 1. The Kier molecular flexibility index (Phi) is 4.55. The molecule has 0 atom stereocenters. The molecule has 1 fully saturated rings. The van der Waals surface area contributed by atoms with E-state index in [2.05, 4.69) is 5.10 Å². The number of carbonyl (C=O) groups excluding carboxylic acids is 1. The van der Waals surface area contributed by atoms with Gasteiger partial charge in [0.05, 0.1) is 25.1 Å². The minimum absolute atomic E-state index is 0.0323. The molecule has 1 aliphatic heterocycles.